The third kappa shape index (κ3) is 2.62. The molecule has 2 aromatic rings. The molecule has 0 aliphatic carbocycles. The van der Waals surface area contributed by atoms with Gasteiger partial charge in [0.05, 0.1) is 6.20 Å². The summed E-state index contributed by atoms with van der Waals surface area (Å²) < 4.78 is 1.91. The van der Waals surface area contributed by atoms with Gasteiger partial charge in [0.1, 0.15) is 5.52 Å². The number of thioether (sulfide) groups is 1. The van der Waals surface area contributed by atoms with E-state index in [1.807, 2.05) is 23.1 Å². The van der Waals surface area contributed by atoms with Crippen molar-refractivity contribution >= 4 is 23.1 Å². The van der Waals surface area contributed by atoms with E-state index >= 15 is 0 Å². The van der Waals surface area contributed by atoms with Crippen LogP contribution < -0.4 is 4.90 Å². The summed E-state index contributed by atoms with van der Waals surface area (Å²) in [6.45, 7) is 4.75. The first kappa shape index (κ1) is 13.4. The minimum absolute atomic E-state index is 0.770. The normalized spacial score (nSPS) is 22.0. The maximum absolute atomic E-state index is 4.59. The Balaban J connectivity index is 1.46. The van der Waals surface area contributed by atoms with E-state index in [-0.39, 0.29) is 0 Å². The van der Waals surface area contributed by atoms with Crippen molar-refractivity contribution in [3.63, 3.8) is 0 Å². The Morgan fingerprint density at radius 3 is 2.67 bits per heavy atom. The summed E-state index contributed by atoms with van der Waals surface area (Å²) in [5, 5.41) is 4.30. The largest absolute Gasteiger partial charge is 0.355 e. The maximum Gasteiger partial charge on any atom is 0.154 e. The van der Waals surface area contributed by atoms with Crippen LogP contribution in [0.25, 0.3) is 5.52 Å². The Labute approximate surface area is 129 Å². The molecule has 4 heterocycles. The van der Waals surface area contributed by atoms with Gasteiger partial charge in [0, 0.05) is 56.1 Å². The van der Waals surface area contributed by atoms with Crippen LogP contribution in [0.15, 0.2) is 24.7 Å². The van der Waals surface area contributed by atoms with E-state index in [1.54, 1.807) is 0 Å². The van der Waals surface area contributed by atoms with Crippen LogP contribution >= 0.6 is 11.8 Å². The molecule has 112 valence electrons. The van der Waals surface area contributed by atoms with E-state index < -0.39 is 0 Å². The Morgan fingerprint density at radius 1 is 1.05 bits per heavy atom. The average Bonchev–Trinajstić information content (AvgIpc) is 3.04. The fourth-order valence-electron chi connectivity index (χ4n) is 3.47. The van der Waals surface area contributed by atoms with Crippen molar-refractivity contribution in [2.24, 2.45) is 0 Å². The van der Waals surface area contributed by atoms with Crippen LogP contribution in [-0.4, -0.2) is 63.2 Å². The predicted molar refractivity (Wildman–Crippen MR) is 87.1 cm³/mol. The molecule has 2 fully saturated rings. The van der Waals surface area contributed by atoms with Gasteiger partial charge in [-0.2, -0.15) is 16.9 Å². The first-order chi connectivity index (χ1) is 10.4. The zero-order valence-corrected chi connectivity index (χ0v) is 13.0. The third-order valence-corrected chi connectivity index (χ3v) is 5.57. The first-order valence-electron chi connectivity index (χ1n) is 7.77. The predicted octanol–water partition coefficient (Wildman–Crippen LogP) is 1.75. The number of fused-ring (bicyclic) bond motifs is 1. The molecule has 0 atom stereocenters. The number of hydrogen-bond donors (Lipinski definition) is 0. The number of anilines is 1. The van der Waals surface area contributed by atoms with Gasteiger partial charge >= 0.3 is 0 Å². The van der Waals surface area contributed by atoms with Gasteiger partial charge in [-0.1, -0.05) is 0 Å². The highest BCUT2D eigenvalue weighted by atomic mass is 32.2. The molecule has 0 amide bonds. The van der Waals surface area contributed by atoms with Gasteiger partial charge in [-0.05, 0) is 18.9 Å². The molecule has 6 heteroatoms. The zero-order valence-electron chi connectivity index (χ0n) is 12.2. The third-order valence-electron chi connectivity index (χ3n) is 4.63. The Bertz CT molecular complexity index is 599. The summed E-state index contributed by atoms with van der Waals surface area (Å²) in [4.78, 5) is 9.71. The Kier molecular flexibility index (Phi) is 3.73. The van der Waals surface area contributed by atoms with Crippen LogP contribution in [0.5, 0.6) is 0 Å². The SMILES string of the molecule is c1cn2nccc2c(N2CCC(N3CCSCC3)CC2)n1. The van der Waals surface area contributed by atoms with Crippen LogP contribution in [0.4, 0.5) is 5.82 Å². The molecular formula is C15H21N5S. The van der Waals surface area contributed by atoms with Gasteiger partial charge in [0.15, 0.2) is 5.82 Å². The molecule has 0 radical (unpaired) electrons. The molecule has 4 rings (SSSR count). The number of piperidine rings is 1. The van der Waals surface area contributed by atoms with E-state index in [2.05, 4.69) is 37.7 Å². The Morgan fingerprint density at radius 2 is 1.86 bits per heavy atom. The average molecular weight is 303 g/mol. The quantitative estimate of drug-likeness (QED) is 0.845. The summed E-state index contributed by atoms with van der Waals surface area (Å²) in [5.41, 5.74) is 1.12. The van der Waals surface area contributed by atoms with Gasteiger partial charge in [0.25, 0.3) is 0 Å². The van der Waals surface area contributed by atoms with Crippen LogP contribution in [0.1, 0.15) is 12.8 Å². The lowest BCUT2D eigenvalue weighted by Gasteiger charge is -2.40. The van der Waals surface area contributed by atoms with Crippen molar-refractivity contribution in [3.8, 4) is 0 Å². The number of nitrogens with zero attached hydrogens (tertiary/aromatic N) is 5. The van der Waals surface area contributed by atoms with Crippen LogP contribution in [0, 0.1) is 0 Å². The molecule has 0 aromatic carbocycles. The lowest BCUT2D eigenvalue weighted by molar-refractivity contribution is 0.185. The summed E-state index contributed by atoms with van der Waals surface area (Å²) in [6.07, 6.45) is 8.11. The first-order valence-corrected chi connectivity index (χ1v) is 8.92. The highest BCUT2D eigenvalue weighted by Gasteiger charge is 2.26. The lowest BCUT2D eigenvalue weighted by Crippen LogP contribution is -2.48. The van der Waals surface area contributed by atoms with E-state index in [0.29, 0.717) is 0 Å². The van der Waals surface area contributed by atoms with Gasteiger partial charge in [-0.15, -0.1) is 0 Å². The maximum atomic E-state index is 4.59. The van der Waals surface area contributed by atoms with Crippen molar-refractivity contribution < 1.29 is 0 Å². The van der Waals surface area contributed by atoms with E-state index in [9.17, 15) is 0 Å². The highest BCUT2D eigenvalue weighted by molar-refractivity contribution is 7.99. The second-order valence-corrected chi connectivity index (χ2v) is 7.00. The summed E-state index contributed by atoms with van der Waals surface area (Å²) in [7, 11) is 0. The lowest BCUT2D eigenvalue weighted by atomic mass is 10.0. The fraction of sp³-hybridized carbons (Fsp3) is 0.600. The number of aromatic nitrogens is 3. The van der Waals surface area contributed by atoms with Crippen molar-refractivity contribution in [3.05, 3.63) is 24.7 Å². The van der Waals surface area contributed by atoms with Crippen molar-refractivity contribution in [2.45, 2.75) is 18.9 Å². The molecule has 21 heavy (non-hydrogen) atoms. The topological polar surface area (TPSA) is 36.7 Å². The molecule has 0 bridgehead atoms. The molecule has 0 N–H and O–H groups in total. The fourth-order valence-corrected chi connectivity index (χ4v) is 4.40. The van der Waals surface area contributed by atoms with E-state index in [1.165, 1.54) is 37.4 Å². The molecule has 2 aliphatic rings. The smallest absolute Gasteiger partial charge is 0.154 e. The standard InChI is InChI=1S/C15H21N5S/c1-4-17-20-8-5-16-15(14(1)20)19-6-2-13(3-7-19)18-9-11-21-12-10-18/h1,4-5,8,13H,2-3,6-7,9-12H2. The van der Waals surface area contributed by atoms with Crippen molar-refractivity contribution in [1.29, 1.82) is 0 Å². The number of hydrogen-bond acceptors (Lipinski definition) is 5. The van der Waals surface area contributed by atoms with Gasteiger partial charge in [0.2, 0.25) is 0 Å². The molecule has 2 aliphatic heterocycles. The van der Waals surface area contributed by atoms with Crippen LogP contribution in [0.2, 0.25) is 0 Å². The second-order valence-electron chi connectivity index (χ2n) is 5.78. The van der Waals surface area contributed by atoms with Gasteiger partial charge < -0.3 is 4.90 Å². The molecule has 2 aromatic heterocycles. The molecule has 0 saturated carbocycles. The van der Waals surface area contributed by atoms with E-state index in [4.69, 9.17) is 0 Å². The summed E-state index contributed by atoms with van der Waals surface area (Å²) >= 11 is 2.09. The summed E-state index contributed by atoms with van der Waals surface area (Å²) in [6, 6.07) is 2.82. The second kappa shape index (κ2) is 5.85. The van der Waals surface area contributed by atoms with Gasteiger partial charge in [-0.25, -0.2) is 9.50 Å². The summed E-state index contributed by atoms with van der Waals surface area (Å²) in [5.74, 6) is 3.69. The Hall–Kier alpha value is -1.27. The molecular weight excluding hydrogens is 282 g/mol. The van der Waals surface area contributed by atoms with Crippen molar-refractivity contribution in [2.75, 3.05) is 42.6 Å². The molecule has 0 spiro atoms. The van der Waals surface area contributed by atoms with Gasteiger partial charge in [-0.3, -0.25) is 4.90 Å². The minimum atomic E-state index is 0.770. The number of rotatable bonds is 2. The molecule has 2 saturated heterocycles. The molecule has 0 unspecified atom stereocenters. The minimum Gasteiger partial charge on any atom is -0.355 e. The van der Waals surface area contributed by atoms with E-state index in [0.717, 1.165) is 30.5 Å². The molecule has 5 nitrogen and oxygen atoms in total. The monoisotopic (exact) mass is 303 g/mol. The highest BCUT2D eigenvalue weighted by Crippen LogP contribution is 2.25. The van der Waals surface area contributed by atoms with Crippen LogP contribution in [0.3, 0.4) is 0 Å². The van der Waals surface area contributed by atoms with Crippen molar-refractivity contribution in [1.82, 2.24) is 19.5 Å². The zero-order chi connectivity index (χ0) is 14.1. The van der Waals surface area contributed by atoms with Crippen LogP contribution in [-0.2, 0) is 0 Å².